The maximum Gasteiger partial charge on any atom is 0.156 e. The topological polar surface area (TPSA) is 57.5 Å². The van der Waals surface area contributed by atoms with Gasteiger partial charge in [-0.1, -0.05) is 30.3 Å². The van der Waals surface area contributed by atoms with Crippen LogP contribution in [0.3, 0.4) is 0 Å². The number of ketones is 1. The molecule has 2 N–H and O–H groups in total. The lowest BCUT2D eigenvalue weighted by Gasteiger charge is -1.99. The summed E-state index contributed by atoms with van der Waals surface area (Å²) in [6.07, 6.45) is 4.36. The molecule has 0 unspecified atom stereocenters. The molecule has 3 nitrogen and oxygen atoms in total. The van der Waals surface area contributed by atoms with Gasteiger partial charge in [-0.25, -0.2) is 0 Å². The van der Waals surface area contributed by atoms with Gasteiger partial charge in [0.05, 0.1) is 0 Å². The monoisotopic (exact) mass is 268 g/mol. The fraction of sp³-hybridized carbons (Fsp3) is 0.118. The second kappa shape index (κ2) is 6.57. The lowest BCUT2D eigenvalue weighted by molar-refractivity contribution is -0.114. The third-order valence-electron chi connectivity index (χ3n) is 2.95. The first-order valence-electron chi connectivity index (χ1n) is 6.41. The number of phenolic OH excluding ortho intramolecular Hbond substituents is 2. The average Bonchev–Trinajstić information content (AvgIpc) is 2.46. The van der Waals surface area contributed by atoms with Gasteiger partial charge in [-0.15, -0.1) is 0 Å². The van der Waals surface area contributed by atoms with Crippen LogP contribution in [0, 0.1) is 0 Å². The van der Waals surface area contributed by atoms with Crippen LogP contribution in [-0.4, -0.2) is 16.0 Å². The second-order valence-electron chi connectivity index (χ2n) is 4.56. The molecule has 0 saturated carbocycles. The minimum atomic E-state index is 0.0474. The molecule has 0 aliphatic rings. The molecule has 0 atom stereocenters. The lowest BCUT2D eigenvalue weighted by Crippen LogP contribution is -1.95. The maximum absolute atomic E-state index is 11.7. The second-order valence-corrected chi connectivity index (χ2v) is 4.56. The SMILES string of the molecule is O=C(C=Cc1ccc(O)cc1)CCc1ccc(O)cc1. The molecule has 0 heterocycles. The molecule has 0 aromatic heterocycles. The van der Waals surface area contributed by atoms with E-state index in [1.165, 1.54) is 0 Å². The Morgan fingerprint density at radius 2 is 1.45 bits per heavy atom. The molecule has 0 aliphatic heterocycles. The number of hydrogen-bond donors (Lipinski definition) is 2. The first-order valence-corrected chi connectivity index (χ1v) is 6.41. The molecule has 20 heavy (non-hydrogen) atoms. The van der Waals surface area contributed by atoms with Crippen molar-refractivity contribution in [3.8, 4) is 11.5 Å². The number of aryl methyl sites for hydroxylation is 1. The van der Waals surface area contributed by atoms with Gasteiger partial charge in [-0.05, 0) is 47.9 Å². The summed E-state index contributed by atoms with van der Waals surface area (Å²) in [4.78, 5) is 11.7. The molecule has 102 valence electrons. The molecule has 2 rings (SSSR count). The normalized spacial score (nSPS) is 10.8. The minimum absolute atomic E-state index is 0.0474. The molecule has 0 spiro atoms. The largest absolute Gasteiger partial charge is 0.508 e. The van der Waals surface area contributed by atoms with Crippen molar-refractivity contribution in [2.75, 3.05) is 0 Å². The quantitative estimate of drug-likeness (QED) is 0.818. The molecule has 3 heteroatoms. The molecule has 0 fully saturated rings. The first kappa shape index (κ1) is 13.9. The zero-order valence-corrected chi connectivity index (χ0v) is 11.0. The first-order chi connectivity index (χ1) is 9.63. The Morgan fingerprint density at radius 1 is 0.900 bits per heavy atom. The van der Waals surface area contributed by atoms with E-state index in [4.69, 9.17) is 10.2 Å². The highest BCUT2D eigenvalue weighted by atomic mass is 16.3. The van der Waals surface area contributed by atoms with Gasteiger partial charge in [0.25, 0.3) is 0 Å². The van der Waals surface area contributed by atoms with E-state index < -0.39 is 0 Å². The van der Waals surface area contributed by atoms with Gasteiger partial charge in [-0.2, -0.15) is 0 Å². The molecule has 0 aliphatic carbocycles. The van der Waals surface area contributed by atoms with Crippen LogP contribution in [0.25, 0.3) is 6.08 Å². The highest BCUT2D eigenvalue weighted by molar-refractivity contribution is 5.93. The predicted molar refractivity (Wildman–Crippen MR) is 78.6 cm³/mol. The Bertz CT molecular complexity index is 595. The smallest absolute Gasteiger partial charge is 0.156 e. The Morgan fingerprint density at radius 3 is 2.05 bits per heavy atom. The third kappa shape index (κ3) is 4.28. The molecule has 2 aromatic rings. The van der Waals surface area contributed by atoms with Crippen molar-refractivity contribution in [2.45, 2.75) is 12.8 Å². The third-order valence-corrected chi connectivity index (χ3v) is 2.95. The number of hydrogen-bond acceptors (Lipinski definition) is 3. The summed E-state index contributed by atoms with van der Waals surface area (Å²) >= 11 is 0. The zero-order valence-electron chi connectivity index (χ0n) is 11.0. The Labute approximate surface area is 117 Å². The Kier molecular flexibility index (Phi) is 4.56. The van der Waals surface area contributed by atoms with E-state index in [0.717, 1.165) is 11.1 Å². The van der Waals surface area contributed by atoms with E-state index >= 15 is 0 Å². The number of phenols is 2. The van der Waals surface area contributed by atoms with Crippen molar-refractivity contribution in [2.24, 2.45) is 0 Å². The molecule has 0 radical (unpaired) electrons. The summed E-state index contributed by atoms with van der Waals surface area (Å²) in [5, 5.41) is 18.3. The van der Waals surface area contributed by atoms with Crippen molar-refractivity contribution >= 4 is 11.9 Å². The fourth-order valence-corrected chi connectivity index (χ4v) is 1.79. The summed E-state index contributed by atoms with van der Waals surface area (Å²) in [5.74, 6) is 0.485. The number of allylic oxidation sites excluding steroid dienone is 1. The van der Waals surface area contributed by atoms with Gasteiger partial charge in [0.15, 0.2) is 5.78 Å². The Hall–Kier alpha value is -2.55. The number of carbonyl (C=O) groups is 1. The molecular formula is C17H16O3. The van der Waals surface area contributed by atoms with E-state index in [1.54, 1.807) is 48.6 Å². The molecule has 0 saturated heterocycles. The van der Waals surface area contributed by atoms with Crippen LogP contribution in [0.15, 0.2) is 54.6 Å². The summed E-state index contributed by atoms with van der Waals surface area (Å²) in [6, 6.07) is 13.5. The number of carbonyl (C=O) groups excluding carboxylic acids is 1. The van der Waals surface area contributed by atoms with Crippen LogP contribution in [-0.2, 0) is 11.2 Å². The van der Waals surface area contributed by atoms with Crippen LogP contribution in [0.1, 0.15) is 17.5 Å². The maximum atomic E-state index is 11.7. The fourth-order valence-electron chi connectivity index (χ4n) is 1.79. The van der Waals surface area contributed by atoms with Crippen molar-refractivity contribution in [3.05, 3.63) is 65.7 Å². The molecule has 2 aromatic carbocycles. The van der Waals surface area contributed by atoms with Crippen LogP contribution in [0.4, 0.5) is 0 Å². The van der Waals surface area contributed by atoms with E-state index in [2.05, 4.69) is 0 Å². The van der Waals surface area contributed by atoms with Gasteiger partial charge in [0.1, 0.15) is 11.5 Å². The number of rotatable bonds is 5. The van der Waals surface area contributed by atoms with Gasteiger partial charge in [-0.3, -0.25) is 4.79 Å². The van der Waals surface area contributed by atoms with Gasteiger partial charge < -0.3 is 10.2 Å². The highest BCUT2D eigenvalue weighted by Gasteiger charge is 1.99. The van der Waals surface area contributed by atoms with E-state index in [0.29, 0.717) is 12.8 Å². The summed E-state index contributed by atoms with van der Waals surface area (Å²) in [5.41, 5.74) is 1.90. The van der Waals surface area contributed by atoms with Crippen molar-refractivity contribution in [3.63, 3.8) is 0 Å². The Balaban J connectivity index is 1.86. The summed E-state index contributed by atoms with van der Waals surface area (Å²) < 4.78 is 0. The van der Waals surface area contributed by atoms with Crippen molar-refractivity contribution < 1.29 is 15.0 Å². The molecular weight excluding hydrogens is 252 g/mol. The van der Waals surface area contributed by atoms with Gasteiger partial charge in [0, 0.05) is 6.42 Å². The van der Waals surface area contributed by atoms with Crippen LogP contribution >= 0.6 is 0 Å². The summed E-state index contributed by atoms with van der Waals surface area (Å²) in [6.45, 7) is 0. The standard InChI is InChI=1S/C17H16O3/c18-15-7-1-13(2-8-15)5-11-17(20)12-6-14-3-9-16(19)10-4-14/h1-5,7-11,18-19H,6,12H2. The molecule has 0 amide bonds. The van der Waals surface area contributed by atoms with E-state index in [1.807, 2.05) is 12.1 Å². The zero-order chi connectivity index (χ0) is 14.4. The van der Waals surface area contributed by atoms with E-state index in [-0.39, 0.29) is 17.3 Å². The lowest BCUT2D eigenvalue weighted by atomic mass is 10.1. The molecule has 0 bridgehead atoms. The minimum Gasteiger partial charge on any atom is -0.508 e. The number of benzene rings is 2. The highest BCUT2D eigenvalue weighted by Crippen LogP contribution is 2.13. The van der Waals surface area contributed by atoms with E-state index in [9.17, 15) is 4.79 Å². The van der Waals surface area contributed by atoms with Crippen molar-refractivity contribution in [1.82, 2.24) is 0 Å². The number of aromatic hydroxyl groups is 2. The van der Waals surface area contributed by atoms with Crippen LogP contribution < -0.4 is 0 Å². The van der Waals surface area contributed by atoms with Crippen LogP contribution in [0.2, 0.25) is 0 Å². The van der Waals surface area contributed by atoms with Gasteiger partial charge in [0.2, 0.25) is 0 Å². The van der Waals surface area contributed by atoms with Crippen molar-refractivity contribution in [1.29, 1.82) is 0 Å². The predicted octanol–water partition coefficient (Wildman–Crippen LogP) is 3.31. The van der Waals surface area contributed by atoms with Gasteiger partial charge >= 0.3 is 0 Å². The summed E-state index contributed by atoms with van der Waals surface area (Å²) in [7, 11) is 0. The average molecular weight is 268 g/mol. The van der Waals surface area contributed by atoms with Crippen LogP contribution in [0.5, 0.6) is 11.5 Å².